The van der Waals surface area contributed by atoms with E-state index < -0.39 is 0 Å². The predicted molar refractivity (Wildman–Crippen MR) is 120 cm³/mol. The van der Waals surface area contributed by atoms with Gasteiger partial charge in [-0.3, -0.25) is 14.5 Å². The van der Waals surface area contributed by atoms with Crippen molar-refractivity contribution in [1.82, 2.24) is 0 Å². The average molecular weight is 418 g/mol. The first-order valence-corrected chi connectivity index (χ1v) is 11.0. The van der Waals surface area contributed by atoms with Crippen molar-refractivity contribution in [2.24, 2.45) is 0 Å². The average Bonchev–Trinajstić information content (AvgIpc) is 2.82. The SMILES string of the molecule is CCC(=O)c1ccc(OCC(=O)N2c3ccccc3SC[C@@H]2c2ccccc2)cc1. The van der Waals surface area contributed by atoms with Crippen LogP contribution in [0.2, 0.25) is 0 Å². The molecule has 1 aliphatic heterocycles. The number of hydrogen-bond donors (Lipinski definition) is 0. The third-order valence-corrected chi connectivity index (χ3v) is 6.28. The van der Waals surface area contributed by atoms with Gasteiger partial charge in [0.15, 0.2) is 12.4 Å². The highest BCUT2D eigenvalue weighted by Gasteiger charge is 2.32. The van der Waals surface area contributed by atoms with E-state index in [1.54, 1.807) is 36.0 Å². The summed E-state index contributed by atoms with van der Waals surface area (Å²) in [6.07, 6.45) is 0.464. The van der Waals surface area contributed by atoms with Crippen molar-refractivity contribution in [3.63, 3.8) is 0 Å². The Kier molecular flexibility index (Phi) is 6.19. The van der Waals surface area contributed by atoms with E-state index in [4.69, 9.17) is 4.74 Å². The second-order valence-corrected chi connectivity index (χ2v) is 8.12. The van der Waals surface area contributed by atoms with E-state index in [2.05, 4.69) is 12.1 Å². The van der Waals surface area contributed by atoms with Crippen molar-refractivity contribution in [3.05, 3.63) is 90.0 Å². The van der Waals surface area contributed by atoms with Crippen LogP contribution in [0.4, 0.5) is 5.69 Å². The largest absolute Gasteiger partial charge is 0.484 e. The maximum atomic E-state index is 13.3. The number of benzene rings is 3. The molecular weight excluding hydrogens is 394 g/mol. The molecule has 4 nitrogen and oxygen atoms in total. The molecule has 0 N–H and O–H groups in total. The Morgan fingerprint density at radius 3 is 2.40 bits per heavy atom. The lowest BCUT2D eigenvalue weighted by molar-refractivity contribution is -0.121. The number of ether oxygens (including phenoxy) is 1. The Labute approximate surface area is 180 Å². The van der Waals surface area contributed by atoms with Crippen LogP contribution in [-0.4, -0.2) is 24.1 Å². The Morgan fingerprint density at radius 1 is 0.967 bits per heavy atom. The molecule has 0 aromatic heterocycles. The molecule has 0 spiro atoms. The minimum atomic E-state index is -0.0923. The fourth-order valence-electron chi connectivity index (χ4n) is 3.57. The van der Waals surface area contributed by atoms with Crippen LogP contribution in [0.3, 0.4) is 0 Å². The molecule has 0 radical (unpaired) electrons. The van der Waals surface area contributed by atoms with Crippen molar-refractivity contribution in [2.75, 3.05) is 17.3 Å². The van der Waals surface area contributed by atoms with Crippen molar-refractivity contribution in [1.29, 1.82) is 0 Å². The first kappa shape index (κ1) is 20.2. The third-order valence-electron chi connectivity index (χ3n) is 5.15. The highest BCUT2D eigenvalue weighted by molar-refractivity contribution is 7.99. The molecule has 3 aromatic rings. The molecule has 1 amide bonds. The number of carbonyl (C=O) groups is 2. The summed E-state index contributed by atoms with van der Waals surface area (Å²) in [6, 6.07) is 25.0. The van der Waals surface area contributed by atoms with Crippen molar-refractivity contribution >= 4 is 29.1 Å². The number of Topliss-reactive ketones (excluding diaryl/α,β-unsaturated/α-hetero) is 1. The molecule has 4 rings (SSSR count). The predicted octanol–water partition coefficient (Wildman–Crippen LogP) is 5.54. The van der Waals surface area contributed by atoms with Gasteiger partial charge >= 0.3 is 0 Å². The van der Waals surface area contributed by atoms with Crippen molar-refractivity contribution < 1.29 is 14.3 Å². The lowest BCUT2D eigenvalue weighted by Crippen LogP contribution is -2.41. The molecule has 0 aliphatic carbocycles. The van der Waals surface area contributed by atoms with E-state index in [9.17, 15) is 9.59 Å². The van der Waals surface area contributed by atoms with Crippen LogP contribution in [0.5, 0.6) is 5.75 Å². The van der Waals surface area contributed by atoms with Gasteiger partial charge in [-0.15, -0.1) is 11.8 Å². The van der Waals surface area contributed by atoms with Gasteiger partial charge < -0.3 is 4.74 Å². The maximum absolute atomic E-state index is 13.3. The van der Waals surface area contributed by atoms with Crippen LogP contribution in [0, 0.1) is 0 Å². The Bertz CT molecular complexity index is 1030. The number of amides is 1. The summed E-state index contributed by atoms with van der Waals surface area (Å²) in [5, 5.41) is 0. The summed E-state index contributed by atoms with van der Waals surface area (Å²) in [4.78, 5) is 28.0. The van der Waals surface area contributed by atoms with Gasteiger partial charge in [-0.2, -0.15) is 0 Å². The van der Waals surface area contributed by atoms with Gasteiger partial charge in [0.2, 0.25) is 0 Å². The van der Waals surface area contributed by atoms with Crippen LogP contribution >= 0.6 is 11.8 Å². The second kappa shape index (κ2) is 9.18. The number of rotatable bonds is 6. The van der Waals surface area contributed by atoms with Crippen LogP contribution < -0.4 is 9.64 Å². The van der Waals surface area contributed by atoms with Gasteiger partial charge in [0.05, 0.1) is 11.7 Å². The number of carbonyl (C=O) groups excluding carboxylic acids is 2. The van der Waals surface area contributed by atoms with E-state index in [-0.39, 0.29) is 24.3 Å². The van der Waals surface area contributed by atoms with E-state index >= 15 is 0 Å². The van der Waals surface area contributed by atoms with Gasteiger partial charge in [0.1, 0.15) is 5.75 Å². The standard InChI is InChI=1S/C25H23NO3S/c1-2-23(27)19-12-14-20(15-13-19)29-16-25(28)26-21-10-6-7-11-24(21)30-17-22(26)18-8-4-3-5-9-18/h3-15,22H,2,16-17H2,1H3/t22-/m1/s1. The Hall–Kier alpha value is -3.05. The van der Waals surface area contributed by atoms with Gasteiger partial charge in [0.25, 0.3) is 5.91 Å². The van der Waals surface area contributed by atoms with E-state index in [0.29, 0.717) is 17.7 Å². The van der Waals surface area contributed by atoms with Crippen LogP contribution in [-0.2, 0) is 4.79 Å². The molecule has 5 heteroatoms. The summed E-state index contributed by atoms with van der Waals surface area (Å²) in [7, 11) is 0. The minimum absolute atomic E-state index is 0.0493. The Morgan fingerprint density at radius 2 is 1.67 bits per heavy atom. The lowest BCUT2D eigenvalue weighted by atomic mass is 10.1. The lowest BCUT2D eigenvalue weighted by Gasteiger charge is -2.37. The molecular formula is C25H23NO3S. The van der Waals surface area contributed by atoms with Crippen LogP contribution in [0.25, 0.3) is 0 Å². The van der Waals surface area contributed by atoms with Gasteiger partial charge in [-0.25, -0.2) is 0 Å². The summed E-state index contributed by atoms with van der Waals surface area (Å²) in [6.45, 7) is 1.77. The molecule has 30 heavy (non-hydrogen) atoms. The summed E-state index contributed by atoms with van der Waals surface area (Å²) >= 11 is 1.77. The van der Waals surface area contributed by atoms with Crippen LogP contribution in [0.1, 0.15) is 35.3 Å². The fourth-order valence-corrected chi connectivity index (χ4v) is 4.74. The van der Waals surface area contributed by atoms with E-state index in [1.165, 1.54) is 0 Å². The maximum Gasteiger partial charge on any atom is 0.265 e. The first-order chi connectivity index (χ1) is 14.7. The van der Waals surface area contributed by atoms with Gasteiger partial charge in [-0.1, -0.05) is 49.4 Å². The quantitative estimate of drug-likeness (QED) is 0.494. The summed E-state index contributed by atoms with van der Waals surface area (Å²) < 4.78 is 5.78. The third kappa shape index (κ3) is 4.26. The van der Waals surface area contributed by atoms with Crippen molar-refractivity contribution in [2.45, 2.75) is 24.3 Å². The number of para-hydroxylation sites is 1. The number of fused-ring (bicyclic) bond motifs is 1. The molecule has 0 saturated carbocycles. The number of nitrogens with zero attached hydrogens (tertiary/aromatic N) is 1. The highest BCUT2D eigenvalue weighted by atomic mass is 32.2. The van der Waals surface area contributed by atoms with Crippen LogP contribution in [0.15, 0.2) is 83.8 Å². The van der Waals surface area contributed by atoms with Gasteiger partial charge in [0, 0.05) is 22.6 Å². The highest BCUT2D eigenvalue weighted by Crippen LogP contribution is 2.43. The molecule has 1 aliphatic rings. The molecule has 0 bridgehead atoms. The monoisotopic (exact) mass is 417 g/mol. The molecule has 0 fully saturated rings. The topological polar surface area (TPSA) is 46.6 Å². The summed E-state index contributed by atoms with van der Waals surface area (Å²) in [5.41, 5.74) is 2.68. The number of ketones is 1. The number of thioether (sulfide) groups is 1. The normalized spacial score (nSPS) is 15.4. The zero-order valence-corrected chi connectivity index (χ0v) is 17.6. The van der Waals surface area contributed by atoms with Gasteiger partial charge in [-0.05, 0) is 42.0 Å². The summed E-state index contributed by atoms with van der Waals surface area (Å²) in [5.74, 6) is 1.36. The molecule has 1 heterocycles. The number of hydrogen-bond acceptors (Lipinski definition) is 4. The Balaban J connectivity index is 1.54. The van der Waals surface area contributed by atoms with E-state index in [0.717, 1.165) is 21.9 Å². The zero-order valence-electron chi connectivity index (χ0n) is 16.8. The minimum Gasteiger partial charge on any atom is -0.484 e. The molecule has 3 aromatic carbocycles. The molecule has 152 valence electrons. The fraction of sp³-hybridized carbons (Fsp3) is 0.200. The number of anilines is 1. The smallest absolute Gasteiger partial charge is 0.265 e. The molecule has 1 atom stereocenters. The molecule has 0 saturated heterocycles. The van der Waals surface area contributed by atoms with Crippen molar-refractivity contribution in [3.8, 4) is 5.75 Å². The van der Waals surface area contributed by atoms with E-state index in [1.807, 2.05) is 54.3 Å². The first-order valence-electron chi connectivity index (χ1n) is 10.0. The zero-order chi connectivity index (χ0) is 20.9. The molecule has 0 unspecified atom stereocenters. The second-order valence-electron chi connectivity index (χ2n) is 7.06.